The molecule has 0 amide bonds. The number of ether oxygens (including phenoxy) is 1. The maximum atomic E-state index is 5.52. The second-order valence-electron chi connectivity index (χ2n) is 6.01. The fraction of sp³-hybridized carbons (Fsp3) is 0.667. The predicted molar refractivity (Wildman–Crippen MR) is 88.6 cm³/mol. The second kappa shape index (κ2) is 9.19. The lowest BCUT2D eigenvalue weighted by atomic mass is 10.0. The first-order chi connectivity index (χ1) is 10.3. The van der Waals surface area contributed by atoms with Crippen LogP contribution in [0.25, 0.3) is 0 Å². The van der Waals surface area contributed by atoms with Crippen LogP contribution in [0.3, 0.4) is 0 Å². The van der Waals surface area contributed by atoms with Crippen LogP contribution in [0.15, 0.2) is 30.3 Å². The van der Waals surface area contributed by atoms with E-state index >= 15 is 0 Å². The number of methoxy groups -OCH3 is 1. The van der Waals surface area contributed by atoms with E-state index in [0.29, 0.717) is 12.1 Å². The number of benzene rings is 1. The molecule has 1 saturated heterocycles. The van der Waals surface area contributed by atoms with E-state index in [2.05, 4.69) is 47.5 Å². The first-order valence-corrected chi connectivity index (χ1v) is 8.37. The van der Waals surface area contributed by atoms with Crippen LogP contribution in [0.2, 0.25) is 0 Å². The number of piperidine rings is 1. The van der Waals surface area contributed by atoms with Crippen molar-refractivity contribution in [3.63, 3.8) is 0 Å². The van der Waals surface area contributed by atoms with Gasteiger partial charge in [0.1, 0.15) is 0 Å². The summed E-state index contributed by atoms with van der Waals surface area (Å²) in [7, 11) is 1.84. The molecule has 1 aliphatic rings. The highest BCUT2D eigenvalue weighted by Gasteiger charge is 2.20. The molecule has 118 valence electrons. The topological polar surface area (TPSA) is 24.5 Å². The Balaban J connectivity index is 1.86. The van der Waals surface area contributed by atoms with Gasteiger partial charge in [0, 0.05) is 26.2 Å². The molecular formula is C18H30N2O. The Morgan fingerprint density at radius 1 is 1.33 bits per heavy atom. The maximum absolute atomic E-state index is 5.52. The summed E-state index contributed by atoms with van der Waals surface area (Å²) in [6.45, 7) is 6.76. The summed E-state index contributed by atoms with van der Waals surface area (Å²) < 4.78 is 5.52. The largest absolute Gasteiger partial charge is 0.380 e. The third kappa shape index (κ3) is 5.42. The summed E-state index contributed by atoms with van der Waals surface area (Å²) in [5.74, 6) is 0. The molecule has 3 nitrogen and oxygen atoms in total. The van der Waals surface area contributed by atoms with Crippen molar-refractivity contribution in [3.8, 4) is 0 Å². The lowest BCUT2D eigenvalue weighted by molar-refractivity contribution is 0.0301. The first kappa shape index (κ1) is 16.5. The van der Waals surface area contributed by atoms with Crippen molar-refractivity contribution in [3.05, 3.63) is 35.9 Å². The fourth-order valence-electron chi connectivity index (χ4n) is 3.11. The molecule has 0 saturated carbocycles. The lowest BCUT2D eigenvalue weighted by Crippen LogP contribution is -2.40. The zero-order valence-electron chi connectivity index (χ0n) is 13.6. The highest BCUT2D eigenvalue weighted by Crippen LogP contribution is 2.19. The van der Waals surface area contributed by atoms with Gasteiger partial charge in [-0.25, -0.2) is 0 Å². The second-order valence-corrected chi connectivity index (χ2v) is 6.01. The van der Waals surface area contributed by atoms with Gasteiger partial charge in [0.2, 0.25) is 0 Å². The number of rotatable bonds is 8. The molecule has 0 bridgehead atoms. The number of nitrogens with one attached hydrogen (secondary N) is 1. The van der Waals surface area contributed by atoms with Gasteiger partial charge in [-0.3, -0.25) is 0 Å². The minimum Gasteiger partial charge on any atom is -0.380 e. The van der Waals surface area contributed by atoms with Gasteiger partial charge in [-0.1, -0.05) is 37.3 Å². The molecule has 2 rings (SSSR count). The van der Waals surface area contributed by atoms with Gasteiger partial charge in [-0.2, -0.15) is 0 Å². The van der Waals surface area contributed by atoms with Crippen molar-refractivity contribution >= 4 is 0 Å². The Hall–Kier alpha value is -0.900. The van der Waals surface area contributed by atoms with E-state index in [4.69, 9.17) is 4.74 Å². The van der Waals surface area contributed by atoms with Crippen LogP contribution in [0.4, 0.5) is 0 Å². The molecule has 1 fully saturated rings. The van der Waals surface area contributed by atoms with Gasteiger partial charge in [0.25, 0.3) is 0 Å². The molecule has 0 radical (unpaired) electrons. The van der Waals surface area contributed by atoms with E-state index in [-0.39, 0.29) is 0 Å². The van der Waals surface area contributed by atoms with Gasteiger partial charge in [0.05, 0.1) is 6.10 Å². The number of likely N-dealkylation sites (tertiary alicyclic amines) is 1. The maximum Gasteiger partial charge on any atom is 0.0698 e. The molecule has 1 aromatic carbocycles. The van der Waals surface area contributed by atoms with Crippen LogP contribution < -0.4 is 5.32 Å². The lowest BCUT2D eigenvalue weighted by Gasteiger charge is -2.33. The summed E-state index contributed by atoms with van der Waals surface area (Å²) in [6, 6.07) is 11.3. The summed E-state index contributed by atoms with van der Waals surface area (Å²) >= 11 is 0. The predicted octanol–water partition coefficient (Wildman–Crippen LogP) is 3.23. The van der Waals surface area contributed by atoms with Crippen molar-refractivity contribution in [1.82, 2.24) is 10.2 Å². The summed E-state index contributed by atoms with van der Waals surface area (Å²) in [6.07, 6.45) is 5.25. The van der Waals surface area contributed by atoms with Crippen molar-refractivity contribution in [1.29, 1.82) is 0 Å². The van der Waals surface area contributed by atoms with Crippen molar-refractivity contribution in [2.24, 2.45) is 0 Å². The van der Waals surface area contributed by atoms with Gasteiger partial charge in [-0.05, 0) is 44.3 Å². The van der Waals surface area contributed by atoms with E-state index in [1.54, 1.807) is 0 Å². The molecule has 0 aliphatic carbocycles. The van der Waals surface area contributed by atoms with Crippen LogP contribution in [-0.4, -0.2) is 44.3 Å². The van der Waals surface area contributed by atoms with E-state index in [1.165, 1.54) is 37.8 Å². The van der Waals surface area contributed by atoms with Crippen molar-refractivity contribution in [2.75, 3.05) is 33.3 Å². The molecule has 0 spiro atoms. The van der Waals surface area contributed by atoms with Crippen LogP contribution in [-0.2, 0) is 4.74 Å². The zero-order valence-corrected chi connectivity index (χ0v) is 13.6. The Labute approximate surface area is 129 Å². The first-order valence-electron chi connectivity index (χ1n) is 8.37. The third-order valence-corrected chi connectivity index (χ3v) is 4.37. The summed E-state index contributed by atoms with van der Waals surface area (Å²) in [4.78, 5) is 2.56. The average Bonchev–Trinajstić information content (AvgIpc) is 2.56. The molecule has 2 atom stereocenters. The highest BCUT2D eigenvalue weighted by molar-refractivity contribution is 5.18. The molecule has 1 heterocycles. The molecule has 3 heteroatoms. The Kier molecular flexibility index (Phi) is 7.20. The molecule has 1 aromatic rings. The van der Waals surface area contributed by atoms with Gasteiger partial charge in [-0.15, -0.1) is 0 Å². The number of hydrogen-bond acceptors (Lipinski definition) is 3. The minimum absolute atomic E-state index is 0.428. The van der Waals surface area contributed by atoms with Crippen LogP contribution in [0.1, 0.15) is 44.2 Å². The monoisotopic (exact) mass is 290 g/mol. The Bertz CT molecular complexity index is 382. The smallest absolute Gasteiger partial charge is 0.0698 e. The van der Waals surface area contributed by atoms with Crippen molar-refractivity contribution in [2.45, 2.75) is 44.8 Å². The zero-order chi connectivity index (χ0) is 14.9. The van der Waals surface area contributed by atoms with E-state index < -0.39 is 0 Å². The standard InChI is InChI=1S/C18H30N2O/c1-3-12-19-18(16-8-5-4-6-9-16)11-14-20-13-7-10-17(15-20)21-2/h4-6,8-9,17-19H,3,7,10-15H2,1-2H3. The van der Waals surface area contributed by atoms with Crippen molar-refractivity contribution < 1.29 is 4.74 Å². The molecule has 1 N–H and O–H groups in total. The van der Waals surface area contributed by atoms with E-state index in [9.17, 15) is 0 Å². The SMILES string of the molecule is CCCNC(CCN1CCCC(OC)C1)c1ccccc1. The van der Waals surface area contributed by atoms with Gasteiger partial charge < -0.3 is 15.0 Å². The third-order valence-electron chi connectivity index (χ3n) is 4.37. The molecule has 0 aromatic heterocycles. The molecule has 2 unspecified atom stereocenters. The average molecular weight is 290 g/mol. The highest BCUT2D eigenvalue weighted by atomic mass is 16.5. The molecular weight excluding hydrogens is 260 g/mol. The van der Waals surface area contributed by atoms with Crippen LogP contribution in [0.5, 0.6) is 0 Å². The van der Waals surface area contributed by atoms with E-state index in [0.717, 1.165) is 19.6 Å². The minimum atomic E-state index is 0.428. The van der Waals surface area contributed by atoms with Gasteiger partial charge >= 0.3 is 0 Å². The Morgan fingerprint density at radius 3 is 2.86 bits per heavy atom. The van der Waals surface area contributed by atoms with Gasteiger partial charge in [0.15, 0.2) is 0 Å². The molecule has 21 heavy (non-hydrogen) atoms. The van der Waals surface area contributed by atoms with Crippen LogP contribution >= 0.6 is 0 Å². The normalized spacial score (nSPS) is 21.3. The fourth-order valence-corrected chi connectivity index (χ4v) is 3.11. The number of hydrogen-bond donors (Lipinski definition) is 1. The van der Waals surface area contributed by atoms with Crippen LogP contribution in [0, 0.1) is 0 Å². The Morgan fingerprint density at radius 2 is 2.14 bits per heavy atom. The summed E-state index contributed by atoms with van der Waals surface area (Å²) in [5.41, 5.74) is 1.41. The molecule has 1 aliphatic heterocycles. The van der Waals surface area contributed by atoms with E-state index in [1.807, 2.05) is 7.11 Å². The number of nitrogens with zero attached hydrogens (tertiary/aromatic N) is 1. The summed E-state index contributed by atoms with van der Waals surface area (Å²) in [5, 5.41) is 3.69. The quantitative estimate of drug-likeness (QED) is 0.795.